The molecule has 0 heterocycles. The summed E-state index contributed by atoms with van der Waals surface area (Å²) in [6.07, 6.45) is 8.78. The van der Waals surface area contributed by atoms with Crippen LogP contribution in [0.1, 0.15) is 98.6 Å². The molecule has 0 unspecified atom stereocenters. The van der Waals surface area contributed by atoms with Crippen LogP contribution in [-0.4, -0.2) is 10.2 Å². The highest BCUT2D eigenvalue weighted by Gasteiger charge is 2.25. The Balaban J connectivity index is 2.70. The molecule has 154 valence electrons. The first kappa shape index (κ1) is 22.3. The Hall–Kier alpha value is -1.96. The molecule has 2 aromatic carbocycles. The van der Waals surface area contributed by atoms with Crippen molar-refractivity contribution in [1.29, 1.82) is 0 Å². The van der Waals surface area contributed by atoms with Crippen molar-refractivity contribution in [2.45, 2.75) is 91.9 Å². The fourth-order valence-electron chi connectivity index (χ4n) is 4.41. The van der Waals surface area contributed by atoms with Crippen LogP contribution in [-0.2, 0) is 12.8 Å². The first-order chi connectivity index (χ1) is 13.5. The van der Waals surface area contributed by atoms with Gasteiger partial charge in [-0.15, -0.1) is 0 Å². The molecule has 0 saturated heterocycles. The maximum Gasteiger partial charge on any atom is 0.118 e. The molecule has 0 aliphatic rings. The lowest BCUT2D eigenvalue weighted by molar-refractivity contribution is 0.466. The third kappa shape index (κ3) is 4.90. The minimum absolute atomic E-state index is 0.211. The first-order valence-electron chi connectivity index (χ1n) is 11.1. The van der Waals surface area contributed by atoms with Gasteiger partial charge in [0, 0.05) is 5.92 Å². The second kappa shape index (κ2) is 10.5. The van der Waals surface area contributed by atoms with E-state index >= 15 is 0 Å². The molecule has 0 aliphatic heterocycles. The number of benzene rings is 2. The van der Waals surface area contributed by atoms with Crippen LogP contribution in [0.5, 0.6) is 11.5 Å². The molecule has 0 spiro atoms. The quantitative estimate of drug-likeness (QED) is 0.451. The molecule has 0 bridgehead atoms. The molecule has 2 rings (SSSR count). The zero-order chi connectivity index (χ0) is 20.7. The molecular formula is C26H38O2. The third-order valence-electron chi connectivity index (χ3n) is 6.03. The maximum absolute atomic E-state index is 10.5. The topological polar surface area (TPSA) is 40.5 Å². The average molecular weight is 383 g/mol. The molecule has 0 amide bonds. The second-order valence-electron chi connectivity index (χ2n) is 8.11. The van der Waals surface area contributed by atoms with Crippen molar-refractivity contribution >= 4 is 0 Å². The zero-order valence-corrected chi connectivity index (χ0v) is 18.4. The number of hydrogen-bond donors (Lipinski definition) is 2. The van der Waals surface area contributed by atoms with E-state index in [0.717, 1.165) is 62.5 Å². The molecule has 2 heteroatoms. The number of hydrogen-bond acceptors (Lipinski definition) is 2. The minimum atomic E-state index is 0.211. The molecular weight excluding hydrogens is 344 g/mol. The van der Waals surface area contributed by atoms with Crippen LogP contribution in [0.3, 0.4) is 0 Å². The van der Waals surface area contributed by atoms with Gasteiger partial charge in [-0.3, -0.25) is 0 Å². The Labute approximate surface area is 171 Å². The Bertz CT molecular complexity index is 713. The van der Waals surface area contributed by atoms with Crippen molar-refractivity contribution in [1.82, 2.24) is 0 Å². The van der Waals surface area contributed by atoms with Gasteiger partial charge in [0.2, 0.25) is 0 Å². The Morgan fingerprint density at radius 3 is 1.46 bits per heavy atom. The van der Waals surface area contributed by atoms with E-state index in [9.17, 15) is 10.2 Å². The maximum atomic E-state index is 10.5. The fourth-order valence-corrected chi connectivity index (χ4v) is 4.41. The number of phenolic OH excluding ortho intramolecular Hbond substituents is 2. The average Bonchev–Trinajstić information content (AvgIpc) is 2.69. The highest BCUT2D eigenvalue weighted by molar-refractivity contribution is 5.54. The summed E-state index contributed by atoms with van der Waals surface area (Å²) in [6.45, 7) is 10.8. The summed E-state index contributed by atoms with van der Waals surface area (Å²) in [5.74, 6) is 0.969. The normalized spacial score (nSPS) is 11.4. The standard InChI is InChI=1S/C26H38O2/c1-6-9-12-20-14-16-23(27)18(4)25(20)22(11-8-3)26-19(5)24(28)17-15-21(26)13-10-7-2/h14-17,22,27-28H,6-13H2,1-5H3. The van der Waals surface area contributed by atoms with Crippen LogP contribution in [0.2, 0.25) is 0 Å². The molecule has 0 saturated carbocycles. The monoisotopic (exact) mass is 382 g/mol. The predicted octanol–water partition coefficient (Wildman–Crippen LogP) is 7.33. The number of aromatic hydroxyl groups is 2. The van der Waals surface area contributed by atoms with Gasteiger partial charge in [-0.2, -0.15) is 0 Å². The number of unbranched alkanes of at least 4 members (excludes halogenated alkanes) is 2. The number of aryl methyl sites for hydroxylation is 2. The van der Waals surface area contributed by atoms with Crippen LogP contribution in [0, 0.1) is 13.8 Å². The molecule has 0 atom stereocenters. The lowest BCUT2D eigenvalue weighted by Crippen LogP contribution is -2.12. The van der Waals surface area contributed by atoms with E-state index in [4.69, 9.17) is 0 Å². The van der Waals surface area contributed by atoms with Crippen LogP contribution in [0.25, 0.3) is 0 Å². The summed E-state index contributed by atoms with van der Waals surface area (Å²) in [5, 5.41) is 21.0. The first-order valence-corrected chi connectivity index (χ1v) is 11.1. The van der Waals surface area contributed by atoms with E-state index < -0.39 is 0 Å². The van der Waals surface area contributed by atoms with Crippen LogP contribution in [0.4, 0.5) is 0 Å². The van der Waals surface area contributed by atoms with E-state index in [1.165, 1.54) is 22.3 Å². The highest BCUT2D eigenvalue weighted by atomic mass is 16.3. The Morgan fingerprint density at radius 2 is 1.11 bits per heavy atom. The van der Waals surface area contributed by atoms with Gasteiger partial charge < -0.3 is 10.2 Å². The van der Waals surface area contributed by atoms with E-state index in [1.807, 2.05) is 26.0 Å². The molecule has 2 aromatic rings. The fraction of sp³-hybridized carbons (Fsp3) is 0.538. The van der Waals surface area contributed by atoms with Crippen LogP contribution < -0.4 is 0 Å². The summed E-state index contributed by atoms with van der Waals surface area (Å²) >= 11 is 0. The van der Waals surface area contributed by atoms with Gasteiger partial charge in [-0.25, -0.2) is 0 Å². The molecule has 0 aliphatic carbocycles. The molecule has 0 aromatic heterocycles. The van der Waals surface area contributed by atoms with Gasteiger partial charge in [0.1, 0.15) is 11.5 Å². The van der Waals surface area contributed by atoms with Gasteiger partial charge in [-0.1, -0.05) is 52.2 Å². The molecule has 2 N–H and O–H groups in total. The summed E-state index contributed by atoms with van der Waals surface area (Å²) in [4.78, 5) is 0. The zero-order valence-electron chi connectivity index (χ0n) is 18.4. The summed E-state index contributed by atoms with van der Waals surface area (Å²) < 4.78 is 0. The van der Waals surface area contributed by atoms with Crippen LogP contribution >= 0.6 is 0 Å². The van der Waals surface area contributed by atoms with Gasteiger partial charge in [0.25, 0.3) is 0 Å². The SMILES string of the molecule is CCCCc1ccc(O)c(C)c1C(CCC)c1c(CCCC)ccc(O)c1C. The van der Waals surface area contributed by atoms with Gasteiger partial charge in [-0.05, 0) is 91.5 Å². The number of phenols is 2. The second-order valence-corrected chi connectivity index (χ2v) is 8.11. The van der Waals surface area contributed by atoms with Crippen molar-refractivity contribution in [3.63, 3.8) is 0 Å². The third-order valence-corrected chi connectivity index (χ3v) is 6.03. The predicted molar refractivity (Wildman–Crippen MR) is 120 cm³/mol. The smallest absolute Gasteiger partial charge is 0.118 e. The van der Waals surface area contributed by atoms with E-state index in [2.05, 4.69) is 32.9 Å². The summed E-state index contributed by atoms with van der Waals surface area (Å²) in [5.41, 5.74) is 7.25. The van der Waals surface area contributed by atoms with Gasteiger partial charge >= 0.3 is 0 Å². The summed E-state index contributed by atoms with van der Waals surface area (Å²) in [6, 6.07) is 7.92. The van der Waals surface area contributed by atoms with Gasteiger partial charge in [0.05, 0.1) is 0 Å². The molecule has 28 heavy (non-hydrogen) atoms. The minimum Gasteiger partial charge on any atom is -0.508 e. The van der Waals surface area contributed by atoms with Gasteiger partial charge in [0.15, 0.2) is 0 Å². The van der Waals surface area contributed by atoms with Crippen molar-refractivity contribution in [2.24, 2.45) is 0 Å². The molecule has 2 nitrogen and oxygen atoms in total. The Morgan fingerprint density at radius 1 is 0.679 bits per heavy atom. The van der Waals surface area contributed by atoms with Crippen LogP contribution in [0.15, 0.2) is 24.3 Å². The highest BCUT2D eigenvalue weighted by Crippen LogP contribution is 2.42. The van der Waals surface area contributed by atoms with Crippen molar-refractivity contribution in [2.75, 3.05) is 0 Å². The lowest BCUT2D eigenvalue weighted by atomic mass is 9.77. The molecule has 0 fully saturated rings. The number of rotatable bonds is 10. The van der Waals surface area contributed by atoms with Crippen molar-refractivity contribution in [3.8, 4) is 11.5 Å². The van der Waals surface area contributed by atoms with E-state index in [1.54, 1.807) is 0 Å². The Kier molecular flexibility index (Phi) is 8.41. The van der Waals surface area contributed by atoms with Crippen molar-refractivity contribution in [3.05, 3.63) is 57.6 Å². The summed E-state index contributed by atoms with van der Waals surface area (Å²) in [7, 11) is 0. The van der Waals surface area contributed by atoms with Crippen molar-refractivity contribution < 1.29 is 10.2 Å². The van der Waals surface area contributed by atoms with E-state index in [0.29, 0.717) is 11.5 Å². The van der Waals surface area contributed by atoms with E-state index in [-0.39, 0.29) is 5.92 Å². The largest absolute Gasteiger partial charge is 0.508 e. The lowest BCUT2D eigenvalue weighted by Gasteiger charge is -2.28. The molecule has 0 radical (unpaired) electrons.